The minimum absolute atomic E-state index is 0.0742. The maximum Gasteiger partial charge on any atom is 0.305 e. The molecule has 0 aromatic rings. The van der Waals surface area contributed by atoms with E-state index in [2.05, 4.69) is 0 Å². The van der Waals surface area contributed by atoms with Crippen molar-refractivity contribution < 1.29 is 19.4 Å². The molecule has 2 atom stereocenters. The molecule has 0 aromatic heterocycles. The van der Waals surface area contributed by atoms with Crippen LogP contribution in [0.15, 0.2) is 0 Å². The zero-order valence-electron chi connectivity index (χ0n) is 12.1. The van der Waals surface area contributed by atoms with Gasteiger partial charge in [0, 0.05) is 18.1 Å². The first kappa shape index (κ1) is 15.9. The second-order valence-electron chi connectivity index (χ2n) is 6.31. The third-order valence-corrected chi connectivity index (χ3v) is 3.61. The maximum atomic E-state index is 12.7. The van der Waals surface area contributed by atoms with Crippen LogP contribution in [-0.4, -0.2) is 53.2 Å². The maximum absolute atomic E-state index is 12.7. The molecular formula is C13H24N2O4. The first-order valence-corrected chi connectivity index (χ1v) is 6.46. The van der Waals surface area contributed by atoms with Gasteiger partial charge < -0.3 is 20.5 Å². The molecule has 19 heavy (non-hydrogen) atoms. The van der Waals surface area contributed by atoms with Crippen LogP contribution >= 0.6 is 0 Å². The van der Waals surface area contributed by atoms with Crippen molar-refractivity contribution in [1.82, 2.24) is 4.90 Å². The summed E-state index contributed by atoms with van der Waals surface area (Å²) in [5, 5.41) is 8.80. The highest BCUT2D eigenvalue weighted by Crippen LogP contribution is 2.32. The molecule has 0 bridgehead atoms. The molecule has 1 aliphatic heterocycles. The molecular weight excluding hydrogens is 248 g/mol. The fourth-order valence-corrected chi connectivity index (χ4v) is 2.17. The summed E-state index contributed by atoms with van der Waals surface area (Å²) in [5.41, 5.74) is 4.74. The largest absolute Gasteiger partial charge is 0.481 e. The van der Waals surface area contributed by atoms with E-state index in [4.69, 9.17) is 15.6 Å². The summed E-state index contributed by atoms with van der Waals surface area (Å²) >= 11 is 0. The Bertz CT molecular complexity index is 364. The Labute approximate surface area is 113 Å². The third-order valence-electron chi connectivity index (χ3n) is 3.61. The molecule has 6 nitrogen and oxygen atoms in total. The predicted octanol–water partition coefficient (Wildman–Crippen LogP) is 0.452. The van der Waals surface area contributed by atoms with E-state index < -0.39 is 16.9 Å². The highest BCUT2D eigenvalue weighted by Gasteiger charge is 2.48. The zero-order valence-corrected chi connectivity index (χ0v) is 12.1. The second-order valence-corrected chi connectivity index (χ2v) is 6.31. The van der Waals surface area contributed by atoms with E-state index in [-0.39, 0.29) is 31.5 Å². The number of carbonyl (C=O) groups excluding carboxylic acids is 1. The van der Waals surface area contributed by atoms with Gasteiger partial charge in [0.05, 0.1) is 25.0 Å². The van der Waals surface area contributed by atoms with Crippen LogP contribution in [0.3, 0.4) is 0 Å². The van der Waals surface area contributed by atoms with Crippen LogP contribution in [0.2, 0.25) is 0 Å². The number of nitrogens with zero attached hydrogens (tertiary/aromatic N) is 1. The van der Waals surface area contributed by atoms with E-state index >= 15 is 0 Å². The van der Waals surface area contributed by atoms with Gasteiger partial charge in [-0.25, -0.2) is 0 Å². The summed E-state index contributed by atoms with van der Waals surface area (Å²) in [6.45, 7) is 8.27. The third kappa shape index (κ3) is 3.45. The normalized spacial score (nSPS) is 27.3. The van der Waals surface area contributed by atoms with Crippen molar-refractivity contribution in [1.29, 1.82) is 0 Å². The first-order chi connectivity index (χ1) is 8.59. The first-order valence-electron chi connectivity index (χ1n) is 6.46. The summed E-state index contributed by atoms with van der Waals surface area (Å²) in [4.78, 5) is 25.0. The predicted molar refractivity (Wildman–Crippen MR) is 70.6 cm³/mol. The number of carboxylic acids is 1. The number of hydrogen-bond donors (Lipinski definition) is 2. The van der Waals surface area contributed by atoms with Gasteiger partial charge in [0.15, 0.2) is 0 Å². The van der Waals surface area contributed by atoms with Crippen LogP contribution in [0.4, 0.5) is 0 Å². The quantitative estimate of drug-likeness (QED) is 0.775. The van der Waals surface area contributed by atoms with Crippen LogP contribution in [0.25, 0.3) is 0 Å². The molecule has 1 saturated heterocycles. The summed E-state index contributed by atoms with van der Waals surface area (Å²) in [6.07, 6.45) is -0.0742. The number of aliphatic carboxylic acids is 1. The molecule has 110 valence electrons. The average molecular weight is 272 g/mol. The van der Waals surface area contributed by atoms with Gasteiger partial charge in [-0.3, -0.25) is 9.59 Å². The Balaban J connectivity index is 2.91. The van der Waals surface area contributed by atoms with E-state index in [1.54, 1.807) is 11.8 Å². The Kier molecular flexibility index (Phi) is 4.58. The number of carbonyl (C=O) groups is 2. The second kappa shape index (κ2) is 5.46. The lowest BCUT2D eigenvalue weighted by Crippen LogP contribution is -2.57. The van der Waals surface area contributed by atoms with Crippen LogP contribution in [0, 0.1) is 5.41 Å². The molecule has 0 saturated carbocycles. The van der Waals surface area contributed by atoms with Crippen molar-refractivity contribution in [2.75, 3.05) is 19.8 Å². The van der Waals surface area contributed by atoms with E-state index in [9.17, 15) is 9.59 Å². The number of rotatable bonds is 4. The number of amides is 1. The molecule has 1 aliphatic rings. The molecule has 1 fully saturated rings. The lowest BCUT2D eigenvalue weighted by molar-refractivity contribution is -0.148. The van der Waals surface area contributed by atoms with Gasteiger partial charge in [0.25, 0.3) is 0 Å². The SMILES string of the molecule is CC1(C(=O)N(CCC(=O)O)C(C)(C)C)COCC1N. The van der Waals surface area contributed by atoms with Crippen LogP contribution in [0.5, 0.6) is 0 Å². The molecule has 1 rings (SSSR count). The van der Waals surface area contributed by atoms with E-state index in [1.807, 2.05) is 20.8 Å². The Morgan fingerprint density at radius 2 is 2.05 bits per heavy atom. The molecule has 0 spiro atoms. The van der Waals surface area contributed by atoms with Crippen molar-refractivity contribution in [3.63, 3.8) is 0 Å². The highest BCUT2D eigenvalue weighted by molar-refractivity contribution is 5.84. The van der Waals surface area contributed by atoms with Gasteiger partial charge in [-0.1, -0.05) is 0 Å². The van der Waals surface area contributed by atoms with Crippen molar-refractivity contribution >= 4 is 11.9 Å². The van der Waals surface area contributed by atoms with Crippen LogP contribution in [-0.2, 0) is 14.3 Å². The van der Waals surface area contributed by atoms with Crippen molar-refractivity contribution in [2.24, 2.45) is 11.1 Å². The van der Waals surface area contributed by atoms with Gasteiger partial charge in [-0.15, -0.1) is 0 Å². The van der Waals surface area contributed by atoms with Crippen LogP contribution < -0.4 is 5.73 Å². The van der Waals surface area contributed by atoms with E-state index in [1.165, 1.54) is 0 Å². The van der Waals surface area contributed by atoms with Gasteiger partial charge >= 0.3 is 5.97 Å². The fourth-order valence-electron chi connectivity index (χ4n) is 2.17. The minimum Gasteiger partial charge on any atom is -0.481 e. The number of nitrogens with two attached hydrogens (primary N) is 1. The molecule has 3 N–H and O–H groups in total. The molecule has 0 aromatic carbocycles. The van der Waals surface area contributed by atoms with Gasteiger partial charge in [0.2, 0.25) is 5.91 Å². The van der Waals surface area contributed by atoms with Gasteiger partial charge in [0.1, 0.15) is 0 Å². The van der Waals surface area contributed by atoms with Crippen molar-refractivity contribution in [3.8, 4) is 0 Å². The molecule has 1 heterocycles. The highest BCUT2D eigenvalue weighted by atomic mass is 16.5. The molecule has 6 heteroatoms. The topological polar surface area (TPSA) is 92.9 Å². The average Bonchev–Trinajstić information content (AvgIpc) is 2.58. The zero-order chi connectivity index (χ0) is 14.8. The summed E-state index contributed by atoms with van der Waals surface area (Å²) in [6, 6.07) is -0.352. The molecule has 0 aliphatic carbocycles. The Hall–Kier alpha value is -1.14. The van der Waals surface area contributed by atoms with Crippen LogP contribution in [0.1, 0.15) is 34.1 Å². The molecule has 2 unspecified atom stereocenters. The number of ether oxygens (including phenoxy) is 1. The fraction of sp³-hybridized carbons (Fsp3) is 0.846. The Morgan fingerprint density at radius 3 is 2.42 bits per heavy atom. The van der Waals surface area contributed by atoms with Crippen molar-refractivity contribution in [2.45, 2.75) is 45.7 Å². The summed E-state index contributed by atoms with van der Waals surface area (Å²) in [7, 11) is 0. The minimum atomic E-state index is -0.917. The number of carboxylic acid groups (broad SMARTS) is 1. The summed E-state index contributed by atoms with van der Waals surface area (Å²) < 4.78 is 5.29. The lowest BCUT2D eigenvalue weighted by atomic mass is 9.83. The van der Waals surface area contributed by atoms with Gasteiger partial charge in [-0.05, 0) is 27.7 Å². The smallest absolute Gasteiger partial charge is 0.305 e. The van der Waals surface area contributed by atoms with E-state index in [0.29, 0.717) is 6.61 Å². The van der Waals surface area contributed by atoms with Crippen molar-refractivity contribution in [3.05, 3.63) is 0 Å². The monoisotopic (exact) mass is 272 g/mol. The molecule has 0 radical (unpaired) electrons. The van der Waals surface area contributed by atoms with E-state index in [0.717, 1.165) is 0 Å². The molecule has 1 amide bonds. The van der Waals surface area contributed by atoms with Gasteiger partial charge in [-0.2, -0.15) is 0 Å². The lowest BCUT2D eigenvalue weighted by Gasteiger charge is -2.41. The summed E-state index contributed by atoms with van der Waals surface area (Å²) in [5.74, 6) is -1.05. The Morgan fingerprint density at radius 1 is 1.47 bits per heavy atom. The number of hydrogen-bond acceptors (Lipinski definition) is 4. The standard InChI is InChI=1S/C13H24N2O4/c1-12(2,3)15(6-5-10(16)17)11(18)13(4)8-19-7-9(13)14/h9H,5-8,14H2,1-4H3,(H,16,17).